The first-order valence-electron chi connectivity index (χ1n) is 11.1. The van der Waals surface area contributed by atoms with E-state index in [1.54, 1.807) is 11.3 Å². The number of aromatic nitrogens is 3. The van der Waals surface area contributed by atoms with Gasteiger partial charge in [-0.2, -0.15) is 10.1 Å². The van der Waals surface area contributed by atoms with E-state index in [1.165, 1.54) is 18.4 Å². The van der Waals surface area contributed by atoms with E-state index in [1.807, 2.05) is 11.6 Å². The number of nitrogens with one attached hydrogen (secondary N) is 1. The Hall–Kier alpha value is -2.41. The van der Waals surface area contributed by atoms with Crippen LogP contribution < -0.4 is 10.2 Å². The summed E-state index contributed by atoms with van der Waals surface area (Å²) in [7, 11) is 0. The molecule has 2 fully saturated rings. The number of rotatable bonds is 4. The van der Waals surface area contributed by atoms with Gasteiger partial charge in [0.15, 0.2) is 10.8 Å². The maximum Gasteiger partial charge on any atom is 0.225 e. The topological polar surface area (TPSA) is 63.1 Å². The van der Waals surface area contributed by atoms with Crippen molar-refractivity contribution >= 4 is 32.7 Å². The highest BCUT2D eigenvalue weighted by atomic mass is 32.1. The third kappa shape index (κ3) is 3.71. The number of thiazole rings is 1. The molecule has 1 amide bonds. The van der Waals surface area contributed by atoms with Crippen molar-refractivity contribution in [3.05, 3.63) is 35.5 Å². The highest BCUT2D eigenvalue weighted by molar-refractivity contribution is 7.22. The summed E-state index contributed by atoms with van der Waals surface area (Å²) in [6.07, 6.45) is 6.75. The van der Waals surface area contributed by atoms with Crippen LogP contribution in [0.3, 0.4) is 0 Å². The molecule has 0 radical (unpaired) electrons. The van der Waals surface area contributed by atoms with Gasteiger partial charge in [-0.3, -0.25) is 4.79 Å². The number of aryl methyl sites for hydroxylation is 2. The number of anilines is 1. The second-order valence-corrected chi connectivity index (χ2v) is 9.73. The fraction of sp³-hybridized carbons (Fsp3) is 0.522. The summed E-state index contributed by atoms with van der Waals surface area (Å²) in [4.78, 5) is 20.1. The average molecular weight is 424 g/mol. The van der Waals surface area contributed by atoms with Crippen LogP contribution in [0.4, 0.5) is 5.13 Å². The quantitative estimate of drug-likeness (QED) is 0.677. The maximum absolute atomic E-state index is 12.8. The Morgan fingerprint density at radius 1 is 1.10 bits per heavy atom. The number of hydrogen-bond acceptors (Lipinski definition) is 5. The number of amides is 1. The number of carbonyl (C=O) groups excluding carboxylic acids is 1. The maximum atomic E-state index is 12.8. The van der Waals surface area contributed by atoms with Crippen molar-refractivity contribution in [2.75, 3.05) is 18.0 Å². The van der Waals surface area contributed by atoms with E-state index in [0.717, 1.165) is 65.6 Å². The van der Waals surface area contributed by atoms with Crippen LogP contribution in [0.5, 0.6) is 0 Å². The Kier molecular flexibility index (Phi) is 5.23. The summed E-state index contributed by atoms with van der Waals surface area (Å²) in [6.45, 7) is 5.85. The molecule has 1 saturated heterocycles. The molecule has 5 rings (SSSR count). The normalized spacial score (nSPS) is 20.2. The van der Waals surface area contributed by atoms with Crippen LogP contribution >= 0.6 is 11.3 Å². The molecule has 1 saturated carbocycles. The van der Waals surface area contributed by atoms with Crippen LogP contribution in [0.25, 0.3) is 16.0 Å². The molecule has 1 N–H and O–H groups in total. The zero-order chi connectivity index (χ0) is 20.7. The lowest BCUT2D eigenvalue weighted by atomic mass is 9.97. The second-order valence-electron chi connectivity index (χ2n) is 8.76. The molecule has 1 aromatic carbocycles. The second kappa shape index (κ2) is 8.02. The lowest BCUT2D eigenvalue weighted by Gasteiger charge is -2.32. The lowest BCUT2D eigenvalue weighted by molar-refractivity contribution is -0.125. The minimum Gasteiger partial charge on any atom is -0.353 e. The molecule has 1 aliphatic heterocycles. The summed E-state index contributed by atoms with van der Waals surface area (Å²) in [6, 6.07) is 8.76. The number of benzene rings is 1. The lowest BCUT2D eigenvalue weighted by Crippen LogP contribution is -2.45. The Morgan fingerprint density at radius 3 is 2.63 bits per heavy atom. The van der Waals surface area contributed by atoms with Gasteiger partial charge in [0.25, 0.3) is 0 Å². The van der Waals surface area contributed by atoms with Gasteiger partial charge in [0.05, 0.1) is 22.0 Å². The minimum atomic E-state index is 0.0565. The average Bonchev–Trinajstić information content (AvgIpc) is 3.48. The molecule has 1 aliphatic carbocycles. The molecule has 7 heteroatoms. The van der Waals surface area contributed by atoms with E-state index in [-0.39, 0.29) is 11.8 Å². The molecule has 0 unspecified atom stereocenters. The molecule has 3 aromatic rings. The van der Waals surface area contributed by atoms with E-state index in [4.69, 9.17) is 10.1 Å². The van der Waals surface area contributed by atoms with Gasteiger partial charge in [-0.05, 0) is 51.7 Å². The highest BCUT2D eigenvalue weighted by Gasteiger charge is 2.30. The third-order valence-electron chi connectivity index (χ3n) is 6.42. The Labute approximate surface area is 181 Å². The van der Waals surface area contributed by atoms with Crippen molar-refractivity contribution in [1.82, 2.24) is 20.1 Å². The van der Waals surface area contributed by atoms with Crippen LogP contribution in [-0.2, 0) is 4.79 Å². The molecular formula is C23H29N5OS. The number of piperidine rings is 1. The fourth-order valence-electron chi connectivity index (χ4n) is 4.68. The Balaban J connectivity index is 1.37. The van der Waals surface area contributed by atoms with Gasteiger partial charge in [-0.25, -0.2) is 4.68 Å². The smallest absolute Gasteiger partial charge is 0.225 e. The van der Waals surface area contributed by atoms with Crippen LogP contribution in [0.1, 0.15) is 49.8 Å². The first kappa shape index (κ1) is 19.5. The van der Waals surface area contributed by atoms with Crippen molar-refractivity contribution < 1.29 is 4.79 Å². The van der Waals surface area contributed by atoms with Crippen molar-refractivity contribution in [3.63, 3.8) is 0 Å². The summed E-state index contributed by atoms with van der Waals surface area (Å²) in [5.41, 5.74) is 4.17. The molecule has 1 atom stereocenters. The van der Waals surface area contributed by atoms with E-state index >= 15 is 0 Å². The van der Waals surface area contributed by atoms with E-state index < -0.39 is 0 Å². The molecule has 0 bridgehead atoms. The van der Waals surface area contributed by atoms with Gasteiger partial charge >= 0.3 is 0 Å². The Morgan fingerprint density at radius 2 is 1.87 bits per heavy atom. The molecule has 3 heterocycles. The molecule has 30 heavy (non-hydrogen) atoms. The van der Waals surface area contributed by atoms with E-state index in [0.29, 0.717) is 6.04 Å². The fourth-order valence-corrected chi connectivity index (χ4v) is 5.70. The summed E-state index contributed by atoms with van der Waals surface area (Å²) < 4.78 is 3.07. The predicted octanol–water partition coefficient (Wildman–Crippen LogP) is 4.37. The number of nitrogens with zero attached hydrogens (tertiary/aromatic N) is 4. The molecule has 6 nitrogen and oxygen atoms in total. The number of hydrogen-bond donors (Lipinski definition) is 1. The van der Waals surface area contributed by atoms with Gasteiger partial charge in [0.1, 0.15) is 0 Å². The third-order valence-corrected chi connectivity index (χ3v) is 7.63. The van der Waals surface area contributed by atoms with Gasteiger partial charge in [0, 0.05) is 19.1 Å². The van der Waals surface area contributed by atoms with Crippen LogP contribution in [0, 0.1) is 19.8 Å². The van der Waals surface area contributed by atoms with Crippen molar-refractivity contribution in [2.24, 2.45) is 5.92 Å². The van der Waals surface area contributed by atoms with Gasteiger partial charge in [-0.1, -0.05) is 41.9 Å². The molecule has 158 valence electrons. The number of fused-ring (bicyclic) bond motifs is 1. The largest absolute Gasteiger partial charge is 0.353 e. The van der Waals surface area contributed by atoms with Crippen molar-refractivity contribution in [2.45, 2.75) is 58.4 Å². The SMILES string of the molecule is Cc1ccc(-n2nc(C)c3sc(N4CCC[C@@H](C(=O)NC5CCCC5)C4)nc32)cc1. The van der Waals surface area contributed by atoms with Gasteiger partial charge < -0.3 is 10.2 Å². The first-order chi connectivity index (χ1) is 14.6. The summed E-state index contributed by atoms with van der Waals surface area (Å²) in [5.74, 6) is 0.288. The zero-order valence-corrected chi connectivity index (χ0v) is 18.5. The molecule has 0 spiro atoms. The van der Waals surface area contributed by atoms with Crippen LogP contribution in [0.2, 0.25) is 0 Å². The predicted molar refractivity (Wildman–Crippen MR) is 122 cm³/mol. The van der Waals surface area contributed by atoms with E-state index in [2.05, 4.69) is 41.4 Å². The summed E-state index contributed by atoms with van der Waals surface area (Å²) >= 11 is 1.70. The van der Waals surface area contributed by atoms with Crippen molar-refractivity contribution in [1.29, 1.82) is 0 Å². The van der Waals surface area contributed by atoms with Crippen LogP contribution in [-0.4, -0.2) is 39.8 Å². The summed E-state index contributed by atoms with van der Waals surface area (Å²) in [5, 5.41) is 9.01. The monoisotopic (exact) mass is 423 g/mol. The number of carbonyl (C=O) groups is 1. The minimum absolute atomic E-state index is 0.0565. The zero-order valence-electron chi connectivity index (χ0n) is 17.7. The standard InChI is InChI=1S/C23H29N5OS/c1-15-9-11-19(12-10-15)28-21-20(16(2)26-28)30-23(25-21)27-13-5-6-17(14-27)22(29)24-18-7-3-4-8-18/h9-12,17-18H,3-8,13-14H2,1-2H3,(H,24,29)/t17-/m1/s1. The van der Waals surface area contributed by atoms with Crippen molar-refractivity contribution in [3.8, 4) is 5.69 Å². The molecule has 2 aliphatic rings. The highest BCUT2D eigenvalue weighted by Crippen LogP contribution is 2.34. The Bertz CT molecular complexity index is 1050. The van der Waals surface area contributed by atoms with E-state index in [9.17, 15) is 4.79 Å². The van der Waals surface area contributed by atoms with Gasteiger partial charge in [-0.15, -0.1) is 0 Å². The molecular weight excluding hydrogens is 394 g/mol. The molecule has 2 aromatic heterocycles. The first-order valence-corrected chi connectivity index (χ1v) is 11.9. The van der Waals surface area contributed by atoms with Crippen LogP contribution in [0.15, 0.2) is 24.3 Å². The van der Waals surface area contributed by atoms with Gasteiger partial charge in [0.2, 0.25) is 5.91 Å².